The van der Waals surface area contributed by atoms with Crippen molar-refractivity contribution in [3.8, 4) is 5.75 Å². The SMILES string of the molecule is Cc1ccc(OC(F)F)c(C(C)NC(C)CC(O)c2ccco2)c1. The quantitative estimate of drug-likeness (QED) is 0.751. The highest BCUT2D eigenvalue weighted by atomic mass is 19.3. The van der Waals surface area contributed by atoms with E-state index in [-0.39, 0.29) is 17.8 Å². The summed E-state index contributed by atoms with van der Waals surface area (Å²) in [6.45, 7) is 2.83. The summed E-state index contributed by atoms with van der Waals surface area (Å²) in [5, 5.41) is 13.4. The monoisotopic (exact) mass is 339 g/mol. The molecule has 0 saturated carbocycles. The van der Waals surface area contributed by atoms with E-state index in [4.69, 9.17) is 4.42 Å². The first-order valence-electron chi connectivity index (χ1n) is 7.89. The zero-order valence-electron chi connectivity index (χ0n) is 14.0. The molecule has 1 heterocycles. The lowest BCUT2D eigenvalue weighted by Crippen LogP contribution is -2.30. The van der Waals surface area contributed by atoms with Crippen LogP contribution in [-0.2, 0) is 0 Å². The van der Waals surface area contributed by atoms with Crippen LogP contribution in [-0.4, -0.2) is 17.8 Å². The average molecular weight is 339 g/mol. The van der Waals surface area contributed by atoms with Crippen molar-refractivity contribution in [2.75, 3.05) is 0 Å². The Morgan fingerprint density at radius 2 is 2.00 bits per heavy atom. The highest BCUT2D eigenvalue weighted by molar-refractivity contribution is 5.39. The smallest absolute Gasteiger partial charge is 0.387 e. The summed E-state index contributed by atoms with van der Waals surface area (Å²) in [5.74, 6) is 0.669. The minimum Gasteiger partial charge on any atom is -0.467 e. The Bertz CT molecular complexity index is 631. The van der Waals surface area contributed by atoms with Gasteiger partial charge in [0.05, 0.1) is 6.26 Å². The third-order valence-electron chi connectivity index (χ3n) is 3.83. The molecule has 132 valence electrons. The second-order valence-electron chi connectivity index (χ2n) is 5.98. The van der Waals surface area contributed by atoms with Gasteiger partial charge in [-0.05, 0) is 45.4 Å². The average Bonchev–Trinajstić information content (AvgIpc) is 3.02. The molecule has 2 aromatic rings. The van der Waals surface area contributed by atoms with Crippen LogP contribution >= 0.6 is 0 Å². The molecule has 2 N–H and O–H groups in total. The number of ether oxygens (including phenoxy) is 1. The van der Waals surface area contributed by atoms with Gasteiger partial charge < -0.3 is 19.6 Å². The molecule has 1 aromatic heterocycles. The molecule has 4 nitrogen and oxygen atoms in total. The van der Waals surface area contributed by atoms with Gasteiger partial charge in [0.1, 0.15) is 17.6 Å². The predicted molar refractivity (Wildman–Crippen MR) is 87.1 cm³/mol. The number of aliphatic hydroxyl groups is 1. The second-order valence-corrected chi connectivity index (χ2v) is 5.98. The first-order valence-corrected chi connectivity index (χ1v) is 7.89. The lowest BCUT2D eigenvalue weighted by Gasteiger charge is -2.24. The minimum atomic E-state index is -2.86. The van der Waals surface area contributed by atoms with Gasteiger partial charge in [0, 0.05) is 17.6 Å². The number of halogens is 2. The third kappa shape index (κ3) is 5.04. The zero-order chi connectivity index (χ0) is 17.7. The summed E-state index contributed by atoms with van der Waals surface area (Å²) in [6.07, 6.45) is 1.23. The molecule has 0 spiro atoms. The fraction of sp³-hybridized carbons (Fsp3) is 0.444. The van der Waals surface area contributed by atoms with E-state index in [1.54, 1.807) is 24.3 Å². The Morgan fingerprint density at radius 3 is 2.62 bits per heavy atom. The van der Waals surface area contributed by atoms with Crippen LogP contribution < -0.4 is 10.1 Å². The summed E-state index contributed by atoms with van der Waals surface area (Å²) < 4.78 is 34.9. The summed E-state index contributed by atoms with van der Waals surface area (Å²) in [4.78, 5) is 0. The number of furan rings is 1. The van der Waals surface area contributed by atoms with Crippen LogP contribution in [0.25, 0.3) is 0 Å². The highest BCUT2D eigenvalue weighted by Crippen LogP contribution is 2.29. The number of benzene rings is 1. The van der Waals surface area contributed by atoms with E-state index >= 15 is 0 Å². The van der Waals surface area contributed by atoms with Gasteiger partial charge in [-0.3, -0.25) is 0 Å². The van der Waals surface area contributed by atoms with Crippen molar-refractivity contribution >= 4 is 0 Å². The van der Waals surface area contributed by atoms with Crippen LogP contribution in [0, 0.1) is 6.92 Å². The van der Waals surface area contributed by atoms with Crippen LogP contribution in [0.5, 0.6) is 5.75 Å². The van der Waals surface area contributed by atoms with Crippen molar-refractivity contribution in [3.05, 3.63) is 53.5 Å². The maximum atomic E-state index is 12.6. The molecule has 3 atom stereocenters. The molecular formula is C18H23F2NO3. The maximum absolute atomic E-state index is 12.6. The fourth-order valence-electron chi connectivity index (χ4n) is 2.73. The van der Waals surface area contributed by atoms with E-state index in [1.165, 1.54) is 6.26 Å². The molecule has 0 bridgehead atoms. The lowest BCUT2D eigenvalue weighted by molar-refractivity contribution is -0.0507. The fourth-order valence-corrected chi connectivity index (χ4v) is 2.73. The lowest BCUT2D eigenvalue weighted by atomic mass is 10.0. The first kappa shape index (κ1) is 18.4. The van der Waals surface area contributed by atoms with Gasteiger partial charge in [0.25, 0.3) is 0 Å². The van der Waals surface area contributed by atoms with Gasteiger partial charge >= 0.3 is 6.61 Å². The first-order chi connectivity index (χ1) is 11.4. The third-order valence-corrected chi connectivity index (χ3v) is 3.83. The number of aryl methyl sites for hydroxylation is 1. The molecular weight excluding hydrogens is 316 g/mol. The van der Waals surface area contributed by atoms with E-state index < -0.39 is 12.7 Å². The van der Waals surface area contributed by atoms with Crippen molar-refractivity contribution in [2.24, 2.45) is 0 Å². The van der Waals surface area contributed by atoms with Gasteiger partial charge in [-0.25, -0.2) is 0 Å². The highest BCUT2D eigenvalue weighted by Gasteiger charge is 2.19. The topological polar surface area (TPSA) is 54.6 Å². The van der Waals surface area contributed by atoms with Gasteiger partial charge in [-0.1, -0.05) is 17.7 Å². The van der Waals surface area contributed by atoms with Gasteiger partial charge in [0.2, 0.25) is 0 Å². The Kier molecular flexibility index (Phi) is 6.34. The van der Waals surface area contributed by atoms with Crippen molar-refractivity contribution in [1.29, 1.82) is 0 Å². The summed E-state index contributed by atoms with van der Waals surface area (Å²) in [5.41, 5.74) is 1.62. The maximum Gasteiger partial charge on any atom is 0.387 e. The zero-order valence-corrected chi connectivity index (χ0v) is 14.0. The van der Waals surface area contributed by atoms with E-state index in [9.17, 15) is 13.9 Å². The van der Waals surface area contributed by atoms with Crippen molar-refractivity contribution in [3.63, 3.8) is 0 Å². The molecule has 1 aromatic carbocycles. The summed E-state index contributed by atoms with van der Waals surface area (Å²) >= 11 is 0. The van der Waals surface area contributed by atoms with Crippen LogP contribution in [0.4, 0.5) is 8.78 Å². The molecule has 0 aliphatic rings. The van der Waals surface area contributed by atoms with Crippen LogP contribution in [0.3, 0.4) is 0 Å². The van der Waals surface area contributed by atoms with E-state index in [0.29, 0.717) is 17.7 Å². The molecule has 3 unspecified atom stereocenters. The molecule has 24 heavy (non-hydrogen) atoms. The summed E-state index contributed by atoms with van der Waals surface area (Å²) in [6, 6.07) is 8.29. The number of hydrogen-bond acceptors (Lipinski definition) is 4. The normalized spacial score (nSPS) is 15.3. The largest absolute Gasteiger partial charge is 0.467 e. The molecule has 0 amide bonds. The van der Waals surface area contributed by atoms with Gasteiger partial charge in [-0.15, -0.1) is 0 Å². The van der Waals surface area contributed by atoms with Crippen LogP contribution in [0.1, 0.15) is 49.3 Å². The van der Waals surface area contributed by atoms with E-state index in [1.807, 2.05) is 26.8 Å². The standard InChI is InChI=1S/C18H23F2NO3/c1-11-6-7-16(24-18(19)20)14(9-11)13(3)21-12(2)10-15(22)17-5-4-8-23-17/h4-9,12-13,15,18,21-22H,10H2,1-3H3. The number of hydrogen-bond donors (Lipinski definition) is 2. The second kappa shape index (κ2) is 8.26. The van der Waals surface area contributed by atoms with Crippen LogP contribution in [0.2, 0.25) is 0 Å². The Hall–Kier alpha value is -1.92. The van der Waals surface area contributed by atoms with Crippen molar-refractivity contribution < 1.29 is 23.0 Å². The Morgan fingerprint density at radius 1 is 1.25 bits per heavy atom. The summed E-state index contributed by atoms with van der Waals surface area (Å²) in [7, 11) is 0. The molecule has 0 fully saturated rings. The van der Waals surface area contributed by atoms with Crippen molar-refractivity contribution in [1.82, 2.24) is 5.32 Å². The molecule has 2 rings (SSSR count). The molecule has 0 aliphatic heterocycles. The van der Waals surface area contributed by atoms with Gasteiger partial charge in [-0.2, -0.15) is 8.78 Å². The number of alkyl halides is 2. The molecule has 0 saturated heterocycles. The van der Waals surface area contributed by atoms with Crippen LogP contribution in [0.15, 0.2) is 41.0 Å². The van der Waals surface area contributed by atoms with Crippen molar-refractivity contribution in [2.45, 2.75) is 52.0 Å². The Balaban J connectivity index is 2.03. The predicted octanol–water partition coefficient (Wildman–Crippen LogP) is 4.35. The molecule has 0 aliphatic carbocycles. The van der Waals surface area contributed by atoms with E-state index in [2.05, 4.69) is 10.1 Å². The minimum absolute atomic E-state index is 0.0555. The van der Waals surface area contributed by atoms with E-state index in [0.717, 1.165) is 5.56 Å². The van der Waals surface area contributed by atoms with Gasteiger partial charge in [0.15, 0.2) is 0 Å². The molecule has 0 radical (unpaired) electrons. The number of rotatable bonds is 8. The Labute approximate surface area is 140 Å². The number of nitrogens with one attached hydrogen (secondary N) is 1. The molecule has 6 heteroatoms. The number of aliphatic hydroxyl groups excluding tert-OH is 1.